The Labute approximate surface area is 177 Å². The SMILES string of the molecule is CC(O)C(NC(=O)C(N)CC(=O)O)C(=O)NC(CCCN=C(N)N)C(=O)NCC(=O)O. The topological polar surface area (TPSA) is 273 Å². The van der Waals surface area contributed by atoms with Crippen LogP contribution in [0.15, 0.2) is 4.99 Å². The number of nitrogens with one attached hydrogen (secondary N) is 3. The summed E-state index contributed by atoms with van der Waals surface area (Å²) >= 11 is 0. The van der Waals surface area contributed by atoms with Gasteiger partial charge in [-0.1, -0.05) is 0 Å². The molecule has 0 aliphatic rings. The molecule has 0 aromatic heterocycles. The van der Waals surface area contributed by atoms with E-state index < -0.39 is 66.9 Å². The van der Waals surface area contributed by atoms with Gasteiger partial charge in [0.25, 0.3) is 0 Å². The maximum Gasteiger partial charge on any atom is 0.322 e. The third-order valence-corrected chi connectivity index (χ3v) is 3.79. The Kier molecular flexibility index (Phi) is 12.2. The number of hydrogen-bond donors (Lipinski definition) is 9. The zero-order chi connectivity index (χ0) is 24.1. The van der Waals surface area contributed by atoms with E-state index in [1.54, 1.807) is 0 Å². The summed E-state index contributed by atoms with van der Waals surface area (Å²) in [4.78, 5) is 61.9. The third-order valence-electron chi connectivity index (χ3n) is 3.79. The molecule has 0 saturated carbocycles. The number of nitrogens with zero attached hydrogens (tertiary/aromatic N) is 1. The van der Waals surface area contributed by atoms with Crippen LogP contribution in [0.3, 0.4) is 0 Å². The molecule has 176 valence electrons. The highest BCUT2D eigenvalue weighted by molar-refractivity contribution is 5.94. The summed E-state index contributed by atoms with van der Waals surface area (Å²) in [5.74, 6) is -5.60. The van der Waals surface area contributed by atoms with Crippen LogP contribution in [-0.2, 0) is 24.0 Å². The van der Waals surface area contributed by atoms with Crippen molar-refractivity contribution in [3.05, 3.63) is 0 Å². The molecule has 15 nitrogen and oxygen atoms in total. The molecule has 4 atom stereocenters. The number of guanidine groups is 1. The highest BCUT2D eigenvalue weighted by atomic mass is 16.4. The standard InChI is InChI=1S/C16H29N7O8/c1-7(24)12(23-13(29)8(17)5-10(25)26)15(31)22-9(3-2-4-20-16(18)19)14(30)21-6-11(27)28/h7-9,12,24H,2-6,17H2,1H3,(H,21,30)(H,22,31)(H,23,29)(H,25,26)(H,27,28)(H4,18,19,20). The molecule has 0 aromatic rings. The summed E-state index contributed by atoms with van der Waals surface area (Å²) < 4.78 is 0. The zero-order valence-corrected chi connectivity index (χ0v) is 16.9. The van der Waals surface area contributed by atoms with Crippen LogP contribution in [0.2, 0.25) is 0 Å². The van der Waals surface area contributed by atoms with E-state index >= 15 is 0 Å². The lowest BCUT2D eigenvalue weighted by Gasteiger charge is -2.25. The van der Waals surface area contributed by atoms with Crippen molar-refractivity contribution in [1.82, 2.24) is 16.0 Å². The fraction of sp³-hybridized carbons (Fsp3) is 0.625. The number of carboxylic acid groups (broad SMARTS) is 2. The zero-order valence-electron chi connectivity index (χ0n) is 16.9. The number of carbonyl (C=O) groups excluding carboxylic acids is 3. The molecule has 0 rings (SSSR count). The molecule has 0 fully saturated rings. The van der Waals surface area contributed by atoms with E-state index in [9.17, 15) is 29.1 Å². The lowest BCUT2D eigenvalue weighted by molar-refractivity contribution is -0.140. The van der Waals surface area contributed by atoms with Gasteiger partial charge >= 0.3 is 11.9 Å². The Morgan fingerprint density at radius 2 is 1.58 bits per heavy atom. The van der Waals surface area contributed by atoms with Gasteiger partial charge in [0, 0.05) is 6.54 Å². The Morgan fingerprint density at radius 3 is 2.06 bits per heavy atom. The largest absolute Gasteiger partial charge is 0.481 e. The number of carbonyl (C=O) groups is 5. The lowest BCUT2D eigenvalue weighted by atomic mass is 10.1. The molecule has 0 aromatic carbocycles. The highest BCUT2D eigenvalue weighted by Gasteiger charge is 2.31. The number of aliphatic carboxylic acids is 2. The first-order chi connectivity index (χ1) is 14.3. The number of nitrogens with two attached hydrogens (primary N) is 3. The van der Waals surface area contributed by atoms with Crippen LogP contribution in [0.4, 0.5) is 0 Å². The predicted octanol–water partition coefficient (Wildman–Crippen LogP) is -4.61. The molecular weight excluding hydrogens is 418 g/mol. The number of aliphatic imine (C=N–C) groups is 1. The molecule has 0 aliphatic carbocycles. The van der Waals surface area contributed by atoms with Gasteiger partial charge in [0.15, 0.2) is 5.96 Å². The molecule has 0 aliphatic heterocycles. The number of aliphatic hydroxyl groups excluding tert-OH is 1. The van der Waals surface area contributed by atoms with Crippen molar-refractivity contribution in [2.24, 2.45) is 22.2 Å². The van der Waals surface area contributed by atoms with Crippen LogP contribution in [0.5, 0.6) is 0 Å². The van der Waals surface area contributed by atoms with Gasteiger partial charge in [-0.2, -0.15) is 0 Å². The van der Waals surface area contributed by atoms with Crippen LogP contribution >= 0.6 is 0 Å². The molecule has 0 heterocycles. The van der Waals surface area contributed by atoms with Gasteiger partial charge in [0.2, 0.25) is 17.7 Å². The number of hydrogen-bond acceptors (Lipinski definition) is 8. The van der Waals surface area contributed by atoms with Gasteiger partial charge in [-0.15, -0.1) is 0 Å². The third kappa shape index (κ3) is 12.0. The van der Waals surface area contributed by atoms with E-state index in [-0.39, 0.29) is 25.3 Å². The first-order valence-corrected chi connectivity index (χ1v) is 9.16. The van der Waals surface area contributed by atoms with Gasteiger partial charge in [-0.3, -0.25) is 29.0 Å². The van der Waals surface area contributed by atoms with Crippen molar-refractivity contribution < 1.29 is 39.3 Å². The second-order valence-electron chi connectivity index (χ2n) is 6.55. The molecule has 3 amide bonds. The molecule has 12 N–H and O–H groups in total. The Hall–Kier alpha value is -3.46. The van der Waals surface area contributed by atoms with E-state index in [0.29, 0.717) is 0 Å². The summed E-state index contributed by atoms with van der Waals surface area (Å²) in [5, 5.41) is 33.8. The second kappa shape index (κ2) is 13.7. The van der Waals surface area contributed by atoms with Crippen LogP contribution in [0.1, 0.15) is 26.2 Å². The van der Waals surface area contributed by atoms with E-state index in [0.717, 1.165) is 0 Å². The minimum absolute atomic E-state index is 0.00692. The van der Waals surface area contributed by atoms with Gasteiger partial charge < -0.3 is 48.5 Å². The second-order valence-corrected chi connectivity index (χ2v) is 6.55. The van der Waals surface area contributed by atoms with Crippen LogP contribution in [0, 0.1) is 0 Å². The Balaban J connectivity index is 5.25. The van der Waals surface area contributed by atoms with E-state index in [4.69, 9.17) is 27.4 Å². The van der Waals surface area contributed by atoms with Gasteiger partial charge in [-0.05, 0) is 19.8 Å². The number of carboxylic acids is 2. The summed E-state index contributed by atoms with van der Waals surface area (Å²) in [6, 6.07) is -4.26. The van der Waals surface area contributed by atoms with Crippen molar-refractivity contribution in [2.45, 2.75) is 50.4 Å². The normalized spacial score (nSPS) is 14.3. The van der Waals surface area contributed by atoms with Crippen molar-refractivity contribution >= 4 is 35.6 Å². The maximum atomic E-state index is 12.6. The maximum absolute atomic E-state index is 12.6. The predicted molar refractivity (Wildman–Crippen MR) is 106 cm³/mol. The molecule has 0 radical (unpaired) electrons. The fourth-order valence-electron chi connectivity index (χ4n) is 2.27. The molecule has 15 heteroatoms. The number of aliphatic hydroxyl groups is 1. The Bertz CT molecular complexity index is 693. The molecule has 4 unspecified atom stereocenters. The fourth-order valence-corrected chi connectivity index (χ4v) is 2.27. The van der Waals surface area contributed by atoms with Crippen molar-refractivity contribution in [3.63, 3.8) is 0 Å². The minimum atomic E-state index is -1.56. The van der Waals surface area contributed by atoms with Crippen LogP contribution in [-0.4, -0.2) is 88.3 Å². The summed E-state index contributed by atoms with van der Waals surface area (Å²) in [7, 11) is 0. The first kappa shape index (κ1) is 27.5. The molecule has 0 bridgehead atoms. The van der Waals surface area contributed by atoms with Crippen LogP contribution < -0.4 is 33.2 Å². The van der Waals surface area contributed by atoms with Crippen molar-refractivity contribution in [1.29, 1.82) is 0 Å². The van der Waals surface area contributed by atoms with Gasteiger partial charge in [0.05, 0.1) is 18.6 Å². The number of amides is 3. The summed E-state index contributed by atoms with van der Waals surface area (Å²) in [6.07, 6.45) is -1.89. The minimum Gasteiger partial charge on any atom is -0.481 e. The quantitative estimate of drug-likeness (QED) is 0.0693. The molecule has 0 saturated heterocycles. The summed E-state index contributed by atoms with van der Waals surface area (Å²) in [6.45, 7) is 0.618. The van der Waals surface area contributed by atoms with Crippen molar-refractivity contribution in [2.75, 3.05) is 13.1 Å². The monoisotopic (exact) mass is 447 g/mol. The number of rotatable bonds is 14. The average molecular weight is 447 g/mol. The smallest absolute Gasteiger partial charge is 0.322 e. The van der Waals surface area contributed by atoms with E-state index in [1.165, 1.54) is 6.92 Å². The Morgan fingerprint density at radius 1 is 0.968 bits per heavy atom. The molecule has 31 heavy (non-hydrogen) atoms. The summed E-state index contributed by atoms with van der Waals surface area (Å²) in [5.41, 5.74) is 15.8. The molecule has 0 spiro atoms. The van der Waals surface area contributed by atoms with E-state index in [1.807, 2.05) is 0 Å². The first-order valence-electron chi connectivity index (χ1n) is 9.16. The van der Waals surface area contributed by atoms with Gasteiger partial charge in [-0.25, -0.2) is 0 Å². The molecular formula is C16H29N7O8. The van der Waals surface area contributed by atoms with Gasteiger partial charge in [0.1, 0.15) is 18.6 Å². The van der Waals surface area contributed by atoms with Crippen LogP contribution in [0.25, 0.3) is 0 Å². The lowest BCUT2D eigenvalue weighted by Crippen LogP contribution is -2.59. The highest BCUT2D eigenvalue weighted by Crippen LogP contribution is 2.03. The van der Waals surface area contributed by atoms with E-state index in [2.05, 4.69) is 20.9 Å². The van der Waals surface area contributed by atoms with Crippen molar-refractivity contribution in [3.8, 4) is 0 Å². The average Bonchev–Trinajstić information content (AvgIpc) is 2.64.